The van der Waals surface area contributed by atoms with Gasteiger partial charge in [-0.05, 0) is 37.1 Å². The molecule has 1 heterocycles. The van der Waals surface area contributed by atoms with Crippen LogP contribution in [0.1, 0.15) is 31.7 Å². The monoisotopic (exact) mass is 440 g/mol. The summed E-state index contributed by atoms with van der Waals surface area (Å²) >= 11 is 5.55. The first-order valence-corrected chi connectivity index (χ1v) is 10.8. The third-order valence-corrected chi connectivity index (χ3v) is 6.89. The molecule has 1 atom stereocenters. The number of guanidine groups is 1. The topological polar surface area (TPSA) is 56.7 Å². The Morgan fingerprint density at radius 1 is 1.38 bits per heavy atom. The standard InChI is InChI=1S/C19H29BrN4OS/c1-19(10-6-12-26-19)14-23-18(21-2)22-11-9-17(25)24(3)13-15-7-4-5-8-16(15)20/h4-5,7-8H,6,9-14H2,1-3H3,(H2,21,22,23). The number of aliphatic imine (C=N–C) groups is 1. The molecule has 1 fully saturated rings. The van der Waals surface area contributed by atoms with E-state index in [0.29, 0.717) is 19.5 Å². The Bertz CT molecular complexity index is 632. The van der Waals surface area contributed by atoms with Crippen LogP contribution in [0.5, 0.6) is 0 Å². The van der Waals surface area contributed by atoms with Gasteiger partial charge in [-0.3, -0.25) is 9.79 Å². The molecule has 1 aromatic carbocycles. The number of hydrogen-bond donors (Lipinski definition) is 2. The highest BCUT2D eigenvalue weighted by molar-refractivity contribution is 9.10. The largest absolute Gasteiger partial charge is 0.356 e. The van der Waals surface area contributed by atoms with Crippen molar-refractivity contribution in [3.05, 3.63) is 34.3 Å². The van der Waals surface area contributed by atoms with E-state index in [0.717, 1.165) is 22.5 Å². The minimum atomic E-state index is 0.113. The molecule has 1 aliphatic rings. The summed E-state index contributed by atoms with van der Waals surface area (Å²) in [5, 5.41) is 6.63. The summed E-state index contributed by atoms with van der Waals surface area (Å²) in [5.74, 6) is 2.12. The van der Waals surface area contributed by atoms with Crippen LogP contribution in [0, 0.1) is 0 Å². The molecular weight excluding hydrogens is 412 g/mol. The Hall–Kier alpha value is -1.21. The fourth-order valence-electron chi connectivity index (χ4n) is 2.92. The summed E-state index contributed by atoms with van der Waals surface area (Å²) in [7, 11) is 3.60. The van der Waals surface area contributed by atoms with E-state index >= 15 is 0 Å². The summed E-state index contributed by atoms with van der Waals surface area (Å²) in [6.45, 7) is 4.36. The van der Waals surface area contributed by atoms with Gasteiger partial charge in [0.2, 0.25) is 5.91 Å². The van der Waals surface area contributed by atoms with Gasteiger partial charge in [-0.1, -0.05) is 34.1 Å². The van der Waals surface area contributed by atoms with Crippen molar-refractivity contribution in [3.63, 3.8) is 0 Å². The summed E-state index contributed by atoms with van der Waals surface area (Å²) in [5.41, 5.74) is 1.11. The minimum absolute atomic E-state index is 0.113. The van der Waals surface area contributed by atoms with E-state index in [2.05, 4.69) is 38.5 Å². The van der Waals surface area contributed by atoms with Crippen LogP contribution in [0.2, 0.25) is 0 Å². The van der Waals surface area contributed by atoms with E-state index in [1.165, 1.54) is 18.6 Å². The van der Waals surface area contributed by atoms with Crippen molar-refractivity contribution in [3.8, 4) is 0 Å². The first-order chi connectivity index (χ1) is 12.4. The van der Waals surface area contributed by atoms with E-state index in [1.807, 2.05) is 43.1 Å². The van der Waals surface area contributed by atoms with Crippen LogP contribution in [-0.2, 0) is 11.3 Å². The molecule has 1 unspecified atom stereocenters. The van der Waals surface area contributed by atoms with Crippen LogP contribution < -0.4 is 10.6 Å². The quantitative estimate of drug-likeness (QED) is 0.504. The highest BCUT2D eigenvalue weighted by Gasteiger charge is 2.29. The second-order valence-corrected chi connectivity index (χ2v) is 9.38. The molecule has 144 valence electrons. The smallest absolute Gasteiger partial charge is 0.224 e. The van der Waals surface area contributed by atoms with Gasteiger partial charge < -0.3 is 15.5 Å². The predicted molar refractivity (Wildman–Crippen MR) is 115 cm³/mol. The SMILES string of the molecule is CN=C(NCCC(=O)N(C)Cc1ccccc1Br)NCC1(C)CCCS1. The molecule has 1 amide bonds. The molecule has 2 N–H and O–H groups in total. The number of nitrogens with one attached hydrogen (secondary N) is 2. The van der Waals surface area contributed by atoms with Crippen LogP contribution in [-0.4, -0.2) is 54.5 Å². The maximum atomic E-state index is 12.4. The second kappa shape index (κ2) is 10.2. The molecule has 0 radical (unpaired) electrons. The molecule has 0 bridgehead atoms. The lowest BCUT2D eigenvalue weighted by Gasteiger charge is -2.24. The van der Waals surface area contributed by atoms with Gasteiger partial charge in [-0.25, -0.2) is 0 Å². The average Bonchev–Trinajstić information content (AvgIpc) is 3.06. The zero-order chi connectivity index (χ0) is 19.0. The Morgan fingerprint density at radius 2 is 2.15 bits per heavy atom. The fourth-order valence-corrected chi connectivity index (χ4v) is 4.57. The summed E-state index contributed by atoms with van der Waals surface area (Å²) in [6.07, 6.45) is 2.96. The minimum Gasteiger partial charge on any atom is -0.356 e. The summed E-state index contributed by atoms with van der Waals surface area (Å²) in [6, 6.07) is 7.98. The maximum Gasteiger partial charge on any atom is 0.224 e. The van der Waals surface area contributed by atoms with E-state index in [9.17, 15) is 4.79 Å². The first kappa shape index (κ1) is 21.1. The Balaban J connectivity index is 1.71. The van der Waals surface area contributed by atoms with Gasteiger partial charge in [0.15, 0.2) is 5.96 Å². The Labute approximate surface area is 169 Å². The number of benzene rings is 1. The van der Waals surface area contributed by atoms with Gasteiger partial charge in [-0.15, -0.1) is 0 Å². The molecule has 0 aliphatic carbocycles. The van der Waals surface area contributed by atoms with Crippen molar-refractivity contribution in [2.75, 3.05) is 32.9 Å². The highest BCUT2D eigenvalue weighted by atomic mass is 79.9. The number of halogens is 1. The van der Waals surface area contributed by atoms with Gasteiger partial charge in [0, 0.05) is 49.4 Å². The predicted octanol–water partition coefficient (Wildman–Crippen LogP) is 3.25. The number of carbonyl (C=O) groups excluding carboxylic acids is 1. The molecule has 0 saturated carbocycles. The lowest BCUT2D eigenvalue weighted by molar-refractivity contribution is -0.130. The van der Waals surface area contributed by atoms with Gasteiger partial charge in [0.1, 0.15) is 0 Å². The van der Waals surface area contributed by atoms with Gasteiger partial charge >= 0.3 is 0 Å². The average molecular weight is 441 g/mol. The number of hydrogen-bond acceptors (Lipinski definition) is 3. The van der Waals surface area contributed by atoms with Crippen molar-refractivity contribution in [1.29, 1.82) is 0 Å². The zero-order valence-electron chi connectivity index (χ0n) is 15.8. The number of rotatable bonds is 7. The molecule has 1 aromatic rings. The maximum absolute atomic E-state index is 12.4. The number of nitrogens with zero attached hydrogens (tertiary/aromatic N) is 2. The molecule has 0 spiro atoms. The lowest BCUT2D eigenvalue weighted by Crippen LogP contribution is -2.44. The molecule has 0 aromatic heterocycles. The van der Waals surface area contributed by atoms with Gasteiger partial charge in [0.05, 0.1) is 0 Å². The normalized spacial score (nSPS) is 20.1. The van der Waals surface area contributed by atoms with Crippen molar-refractivity contribution in [1.82, 2.24) is 15.5 Å². The number of amides is 1. The van der Waals surface area contributed by atoms with Crippen LogP contribution in [0.4, 0.5) is 0 Å². The molecule has 7 heteroatoms. The lowest BCUT2D eigenvalue weighted by atomic mass is 10.1. The third-order valence-electron chi connectivity index (χ3n) is 4.58. The zero-order valence-corrected chi connectivity index (χ0v) is 18.3. The van der Waals surface area contributed by atoms with E-state index in [1.54, 1.807) is 11.9 Å². The van der Waals surface area contributed by atoms with E-state index < -0.39 is 0 Å². The van der Waals surface area contributed by atoms with Crippen molar-refractivity contribution >= 4 is 39.6 Å². The van der Waals surface area contributed by atoms with Crippen LogP contribution >= 0.6 is 27.7 Å². The molecule has 5 nitrogen and oxygen atoms in total. The number of carbonyl (C=O) groups is 1. The van der Waals surface area contributed by atoms with E-state index in [4.69, 9.17) is 0 Å². The summed E-state index contributed by atoms with van der Waals surface area (Å²) in [4.78, 5) is 18.4. The van der Waals surface area contributed by atoms with E-state index in [-0.39, 0.29) is 10.7 Å². The van der Waals surface area contributed by atoms with Crippen LogP contribution in [0.15, 0.2) is 33.7 Å². The molecule has 26 heavy (non-hydrogen) atoms. The second-order valence-electron chi connectivity index (χ2n) is 6.85. The van der Waals surface area contributed by atoms with Gasteiger partial charge in [-0.2, -0.15) is 11.8 Å². The summed E-state index contributed by atoms with van der Waals surface area (Å²) < 4.78 is 1.32. The highest BCUT2D eigenvalue weighted by Crippen LogP contribution is 2.36. The molecule has 1 saturated heterocycles. The Kier molecular flexibility index (Phi) is 8.28. The fraction of sp³-hybridized carbons (Fsp3) is 0.579. The van der Waals surface area contributed by atoms with Crippen LogP contribution in [0.3, 0.4) is 0 Å². The number of thioether (sulfide) groups is 1. The molecular formula is C19H29BrN4OS. The molecule has 1 aliphatic heterocycles. The van der Waals surface area contributed by atoms with Crippen molar-refractivity contribution in [2.24, 2.45) is 4.99 Å². The van der Waals surface area contributed by atoms with Crippen molar-refractivity contribution < 1.29 is 4.79 Å². The molecule has 2 rings (SSSR count). The van der Waals surface area contributed by atoms with Gasteiger partial charge in [0.25, 0.3) is 0 Å². The Morgan fingerprint density at radius 3 is 2.81 bits per heavy atom. The van der Waals surface area contributed by atoms with Crippen molar-refractivity contribution in [2.45, 2.75) is 37.5 Å². The van der Waals surface area contributed by atoms with Crippen LogP contribution in [0.25, 0.3) is 0 Å². The first-order valence-electron chi connectivity index (χ1n) is 8.99. The third kappa shape index (κ3) is 6.50.